The number of rotatable bonds is 5. The third-order valence-electron chi connectivity index (χ3n) is 3.19. The van der Waals surface area contributed by atoms with Gasteiger partial charge in [0.05, 0.1) is 0 Å². The van der Waals surface area contributed by atoms with Crippen LogP contribution in [-0.2, 0) is 0 Å². The van der Waals surface area contributed by atoms with Gasteiger partial charge in [0.25, 0.3) is 0 Å². The fourth-order valence-electron chi connectivity index (χ4n) is 1.90. The monoisotopic (exact) mass is 403 g/mol. The summed E-state index contributed by atoms with van der Waals surface area (Å²) in [4.78, 5) is 14.0. The van der Waals surface area contributed by atoms with E-state index >= 15 is 0 Å². The number of carbonyl (C=O) groups excluding carboxylic acids is 1. The fraction of sp³-hybridized carbons (Fsp3) is 0.105. The fourth-order valence-corrected chi connectivity index (χ4v) is 2.26. The summed E-state index contributed by atoms with van der Waals surface area (Å²) in [7, 11) is 4.04. The zero-order valence-corrected chi connectivity index (χ0v) is 14.8. The lowest BCUT2D eigenvalue weighted by atomic mass is 10.1. The lowest BCUT2D eigenvalue weighted by molar-refractivity contribution is 0.104. The molecule has 0 aliphatic heterocycles. The van der Waals surface area contributed by atoms with Gasteiger partial charge in [-0.15, -0.1) is 0 Å². The molecule has 0 fully saturated rings. The maximum Gasteiger partial charge on any atom is 0.185 e. The quantitative estimate of drug-likeness (QED) is 0.309. The van der Waals surface area contributed by atoms with E-state index in [1.807, 2.05) is 50.5 Å². The van der Waals surface area contributed by atoms with Crippen LogP contribution in [0.4, 0.5) is 5.69 Å². The predicted octanol–water partition coefficient (Wildman–Crippen LogP) is 4.81. The van der Waals surface area contributed by atoms with E-state index in [0.717, 1.165) is 9.13 Å². The van der Waals surface area contributed by atoms with E-state index in [-0.39, 0.29) is 5.78 Å². The Kier molecular flexibility index (Phi) is 5.95. The van der Waals surface area contributed by atoms with Crippen molar-refractivity contribution in [3.05, 3.63) is 81.5 Å². The van der Waals surface area contributed by atoms with Gasteiger partial charge in [-0.25, -0.2) is 0 Å². The average Bonchev–Trinajstić information content (AvgIpc) is 2.52. The molecule has 0 unspecified atom stereocenters. The first-order chi connectivity index (χ1) is 10.6. The predicted molar refractivity (Wildman–Crippen MR) is 102 cm³/mol. The molecule has 2 aromatic carbocycles. The Labute approximate surface area is 145 Å². The molecule has 0 aromatic heterocycles. The number of halogens is 1. The van der Waals surface area contributed by atoms with Gasteiger partial charge in [-0.1, -0.05) is 42.5 Å². The highest BCUT2D eigenvalue weighted by Crippen LogP contribution is 2.13. The first kappa shape index (κ1) is 16.5. The van der Waals surface area contributed by atoms with Gasteiger partial charge < -0.3 is 4.90 Å². The van der Waals surface area contributed by atoms with Gasteiger partial charge >= 0.3 is 0 Å². The number of ketones is 1. The number of benzene rings is 2. The lowest BCUT2D eigenvalue weighted by Crippen LogP contribution is -2.07. The van der Waals surface area contributed by atoms with E-state index in [9.17, 15) is 4.79 Å². The van der Waals surface area contributed by atoms with Gasteiger partial charge in [-0.3, -0.25) is 4.79 Å². The summed E-state index contributed by atoms with van der Waals surface area (Å²) in [6, 6.07) is 15.8. The summed E-state index contributed by atoms with van der Waals surface area (Å²) in [5.74, 6) is 0.0176. The molecule has 112 valence electrons. The molecule has 22 heavy (non-hydrogen) atoms. The topological polar surface area (TPSA) is 20.3 Å². The van der Waals surface area contributed by atoms with Crippen molar-refractivity contribution in [2.45, 2.75) is 0 Å². The van der Waals surface area contributed by atoms with Crippen LogP contribution >= 0.6 is 22.6 Å². The third-order valence-corrected chi connectivity index (χ3v) is 3.90. The number of hydrogen-bond donors (Lipinski definition) is 0. The Morgan fingerprint density at radius 2 is 1.59 bits per heavy atom. The molecule has 0 aliphatic rings. The number of anilines is 1. The smallest absolute Gasteiger partial charge is 0.185 e. The van der Waals surface area contributed by atoms with Crippen LogP contribution < -0.4 is 4.90 Å². The highest BCUT2D eigenvalue weighted by atomic mass is 127. The Morgan fingerprint density at radius 3 is 2.18 bits per heavy atom. The number of hydrogen-bond acceptors (Lipinski definition) is 2. The van der Waals surface area contributed by atoms with Crippen molar-refractivity contribution < 1.29 is 4.79 Å². The molecule has 0 atom stereocenters. The van der Waals surface area contributed by atoms with Crippen LogP contribution in [0.2, 0.25) is 0 Å². The maximum absolute atomic E-state index is 12.0. The third kappa shape index (κ3) is 4.84. The minimum atomic E-state index is 0.0176. The molecule has 0 saturated carbocycles. The van der Waals surface area contributed by atoms with Crippen molar-refractivity contribution in [3.63, 3.8) is 0 Å². The molecule has 0 heterocycles. The molecule has 0 bridgehead atoms. The molecule has 2 aromatic rings. The molecule has 2 rings (SSSR count). The molecule has 3 heteroatoms. The van der Waals surface area contributed by atoms with Gasteiger partial charge in [-0.2, -0.15) is 0 Å². The molecule has 0 aliphatic carbocycles. The zero-order chi connectivity index (χ0) is 15.9. The molecule has 0 radical (unpaired) electrons. The Balaban J connectivity index is 1.96. The number of allylic oxidation sites excluding steroid dienone is 3. The summed E-state index contributed by atoms with van der Waals surface area (Å²) in [6.07, 6.45) is 7.24. The highest BCUT2D eigenvalue weighted by molar-refractivity contribution is 14.1. The van der Waals surface area contributed by atoms with E-state index < -0.39 is 0 Å². The van der Waals surface area contributed by atoms with Crippen molar-refractivity contribution in [1.82, 2.24) is 0 Å². The second kappa shape index (κ2) is 7.94. The van der Waals surface area contributed by atoms with Gasteiger partial charge in [0.15, 0.2) is 5.78 Å². The zero-order valence-electron chi connectivity index (χ0n) is 12.7. The second-order valence-corrected chi connectivity index (χ2v) is 6.32. The largest absolute Gasteiger partial charge is 0.378 e. The summed E-state index contributed by atoms with van der Waals surface area (Å²) < 4.78 is 1.12. The first-order valence-corrected chi connectivity index (χ1v) is 8.06. The molecular formula is C19H18INO. The van der Waals surface area contributed by atoms with E-state index in [2.05, 4.69) is 51.8 Å². The number of nitrogens with zero attached hydrogens (tertiary/aromatic N) is 1. The van der Waals surface area contributed by atoms with Crippen LogP contribution in [0.1, 0.15) is 15.9 Å². The van der Waals surface area contributed by atoms with Crippen molar-refractivity contribution in [2.24, 2.45) is 0 Å². The average molecular weight is 403 g/mol. The van der Waals surface area contributed by atoms with Crippen LogP contribution in [0.25, 0.3) is 6.08 Å². The maximum atomic E-state index is 12.0. The number of carbonyl (C=O) groups is 1. The highest BCUT2D eigenvalue weighted by Gasteiger charge is 1.99. The molecule has 2 nitrogen and oxygen atoms in total. The Hall–Kier alpha value is -1.88. The molecular weight excluding hydrogens is 385 g/mol. The summed E-state index contributed by atoms with van der Waals surface area (Å²) in [6.45, 7) is 0. The lowest BCUT2D eigenvalue weighted by Gasteiger charge is -2.11. The van der Waals surface area contributed by atoms with E-state index in [4.69, 9.17) is 0 Å². The minimum Gasteiger partial charge on any atom is -0.378 e. The van der Waals surface area contributed by atoms with Crippen molar-refractivity contribution in [3.8, 4) is 0 Å². The second-order valence-electron chi connectivity index (χ2n) is 5.08. The Bertz CT molecular complexity index is 682. The minimum absolute atomic E-state index is 0.0176. The molecule has 0 saturated heterocycles. The van der Waals surface area contributed by atoms with Crippen LogP contribution in [0.5, 0.6) is 0 Å². The van der Waals surface area contributed by atoms with Crippen molar-refractivity contribution in [1.29, 1.82) is 0 Å². The summed E-state index contributed by atoms with van der Waals surface area (Å²) in [5, 5.41) is 0. The van der Waals surface area contributed by atoms with Crippen LogP contribution in [-0.4, -0.2) is 19.9 Å². The molecule has 0 amide bonds. The van der Waals surface area contributed by atoms with Crippen molar-refractivity contribution >= 4 is 40.1 Å². The van der Waals surface area contributed by atoms with Gasteiger partial charge in [-0.05, 0) is 58.5 Å². The molecule has 0 spiro atoms. The standard InChI is InChI=1S/C19H18INO/c1-21(2)18-13-7-15(8-14-18)5-3-4-6-19(22)16-9-11-17(20)12-10-16/h3-14H,1-2H3/b5-3+,6-4+. The Morgan fingerprint density at radius 1 is 0.955 bits per heavy atom. The van der Waals surface area contributed by atoms with Crippen LogP contribution in [0.15, 0.2) is 66.8 Å². The SMILES string of the molecule is CN(C)c1ccc(/C=C/C=C/C(=O)c2ccc(I)cc2)cc1. The van der Waals surface area contributed by atoms with Gasteiger partial charge in [0.1, 0.15) is 0 Å². The van der Waals surface area contributed by atoms with E-state index in [1.165, 1.54) is 5.69 Å². The van der Waals surface area contributed by atoms with Crippen LogP contribution in [0.3, 0.4) is 0 Å². The van der Waals surface area contributed by atoms with Gasteiger partial charge in [0, 0.05) is 28.9 Å². The normalized spacial score (nSPS) is 11.2. The summed E-state index contributed by atoms with van der Waals surface area (Å²) in [5.41, 5.74) is 2.99. The summed E-state index contributed by atoms with van der Waals surface area (Å²) >= 11 is 2.22. The van der Waals surface area contributed by atoms with Crippen molar-refractivity contribution in [2.75, 3.05) is 19.0 Å². The van der Waals surface area contributed by atoms with Crippen LogP contribution in [0, 0.1) is 3.57 Å². The first-order valence-electron chi connectivity index (χ1n) is 6.98. The molecule has 0 N–H and O–H groups in total. The van der Waals surface area contributed by atoms with E-state index in [0.29, 0.717) is 5.56 Å². The van der Waals surface area contributed by atoms with Gasteiger partial charge in [0.2, 0.25) is 0 Å². The van der Waals surface area contributed by atoms with E-state index in [1.54, 1.807) is 12.2 Å².